The van der Waals surface area contributed by atoms with Gasteiger partial charge >= 0.3 is 0 Å². The van der Waals surface area contributed by atoms with Gasteiger partial charge in [-0.2, -0.15) is 0 Å². The first kappa shape index (κ1) is 23.9. The molecular formula is C28H44O3Si. The summed E-state index contributed by atoms with van der Waals surface area (Å²) in [4.78, 5) is 12.7. The Bertz CT molecular complexity index is 852. The molecule has 4 rings (SSSR count). The Morgan fingerprint density at radius 2 is 1.59 bits per heavy atom. The topological polar surface area (TPSA) is 35.5 Å². The third-order valence-electron chi connectivity index (χ3n) is 9.71. The second-order valence-electron chi connectivity index (χ2n) is 12.0. The molecule has 0 aromatic heterocycles. The molecule has 0 aliphatic heterocycles. The summed E-state index contributed by atoms with van der Waals surface area (Å²) >= 11 is 0. The third-order valence-corrected chi connectivity index (χ3v) is 15.7. The Hall–Kier alpha value is -1.29. The van der Waals surface area contributed by atoms with Crippen molar-refractivity contribution in [3.63, 3.8) is 0 Å². The van der Waals surface area contributed by atoms with Gasteiger partial charge in [0.25, 0.3) is 8.32 Å². The molecule has 2 fully saturated rings. The summed E-state index contributed by atoms with van der Waals surface area (Å²) in [7, 11) is -0.265. The zero-order chi connectivity index (χ0) is 23.4. The first-order valence-electron chi connectivity index (χ1n) is 13.0. The molecule has 1 aromatic rings. The van der Waals surface area contributed by atoms with Crippen LogP contribution in [0, 0.1) is 17.3 Å². The largest absolute Gasteiger partial charge is 0.540 e. The lowest BCUT2D eigenvalue weighted by Crippen LogP contribution is -2.50. The van der Waals surface area contributed by atoms with Crippen LogP contribution in [0.3, 0.4) is 0 Å². The average molecular weight is 457 g/mol. The average Bonchev–Trinajstić information content (AvgIpc) is 3.04. The molecule has 0 spiro atoms. The van der Waals surface area contributed by atoms with Gasteiger partial charge in [-0.1, -0.05) is 48.5 Å². The number of hydrogen-bond donors (Lipinski definition) is 0. The van der Waals surface area contributed by atoms with Crippen LogP contribution in [0.2, 0.25) is 16.6 Å². The minimum Gasteiger partial charge on any atom is -0.540 e. The number of methoxy groups -OCH3 is 1. The number of benzene rings is 1. The van der Waals surface area contributed by atoms with E-state index in [0.29, 0.717) is 40.2 Å². The molecule has 3 nitrogen and oxygen atoms in total. The molecule has 0 N–H and O–H groups in total. The van der Waals surface area contributed by atoms with Crippen LogP contribution < -0.4 is 9.16 Å². The molecule has 0 unspecified atom stereocenters. The van der Waals surface area contributed by atoms with Gasteiger partial charge in [0.2, 0.25) is 0 Å². The predicted octanol–water partition coefficient (Wildman–Crippen LogP) is 7.67. The number of Topliss-reactive ketones (excluding diaryl/α,β-unsaturated/α-hetero) is 1. The van der Waals surface area contributed by atoms with E-state index in [4.69, 9.17) is 9.16 Å². The molecule has 1 aromatic carbocycles. The highest BCUT2D eigenvalue weighted by atomic mass is 28.4. The van der Waals surface area contributed by atoms with E-state index in [1.54, 1.807) is 7.11 Å². The van der Waals surface area contributed by atoms with E-state index < -0.39 is 8.32 Å². The lowest BCUT2D eigenvalue weighted by atomic mass is 9.55. The molecule has 3 aliphatic rings. The summed E-state index contributed by atoms with van der Waals surface area (Å²) in [6.07, 6.45) is 6.36. The van der Waals surface area contributed by atoms with Crippen LogP contribution in [0.1, 0.15) is 97.6 Å². The highest BCUT2D eigenvalue weighted by Crippen LogP contribution is 2.60. The molecule has 4 atom stereocenters. The maximum atomic E-state index is 12.7. The summed E-state index contributed by atoms with van der Waals surface area (Å²) in [5.41, 5.74) is 4.45. The van der Waals surface area contributed by atoms with Crippen LogP contribution in [-0.2, 0) is 11.2 Å². The molecular weight excluding hydrogens is 412 g/mol. The van der Waals surface area contributed by atoms with Crippen molar-refractivity contribution in [1.29, 1.82) is 0 Å². The van der Waals surface area contributed by atoms with Gasteiger partial charge in [0.05, 0.1) is 7.11 Å². The van der Waals surface area contributed by atoms with Crippen molar-refractivity contribution in [2.24, 2.45) is 17.3 Å². The smallest absolute Gasteiger partial charge is 0.258 e. The summed E-state index contributed by atoms with van der Waals surface area (Å²) in [5.74, 6) is 4.15. The van der Waals surface area contributed by atoms with E-state index in [-0.39, 0.29) is 5.41 Å². The van der Waals surface area contributed by atoms with Crippen molar-refractivity contribution in [2.75, 3.05) is 7.11 Å². The number of ketones is 1. The fourth-order valence-corrected chi connectivity index (χ4v) is 13.4. The summed E-state index contributed by atoms with van der Waals surface area (Å²) in [6.45, 7) is 16.3. The quantitative estimate of drug-likeness (QED) is 0.412. The van der Waals surface area contributed by atoms with E-state index in [1.807, 2.05) is 0 Å². The van der Waals surface area contributed by atoms with E-state index in [2.05, 4.69) is 60.6 Å². The maximum absolute atomic E-state index is 12.7. The van der Waals surface area contributed by atoms with Gasteiger partial charge < -0.3 is 9.16 Å². The van der Waals surface area contributed by atoms with E-state index in [1.165, 1.54) is 17.5 Å². The minimum atomic E-state index is -2.05. The normalized spacial score (nSPS) is 29.8. The van der Waals surface area contributed by atoms with Gasteiger partial charge in [-0.15, -0.1) is 0 Å². The standard InChI is InChI=1S/C28H44O3Si/c1-17(2)32(18(3)4,19(5)6)31-26-15-20-9-10-22-21(23(20)16-25(26)30-8)13-14-28(7)24(22)11-12-27(28)29/h15-19,21-22,24H,9-14H2,1-8H3/t21-,22+,24-,28-/m0/s1. The van der Waals surface area contributed by atoms with Gasteiger partial charge in [-0.25, -0.2) is 0 Å². The van der Waals surface area contributed by atoms with Gasteiger partial charge in [-0.3, -0.25) is 4.79 Å². The van der Waals surface area contributed by atoms with Gasteiger partial charge in [0.15, 0.2) is 5.75 Å². The predicted molar refractivity (Wildman–Crippen MR) is 134 cm³/mol. The molecule has 178 valence electrons. The number of carbonyl (C=O) groups is 1. The van der Waals surface area contributed by atoms with Crippen molar-refractivity contribution in [2.45, 2.75) is 110 Å². The van der Waals surface area contributed by atoms with E-state index in [0.717, 1.165) is 43.6 Å². The van der Waals surface area contributed by atoms with Gasteiger partial charge in [-0.05, 0) is 89.7 Å². The summed E-state index contributed by atoms with van der Waals surface area (Å²) < 4.78 is 13.0. The first-order valence-corrected chi connectivity index (χ1v) is 15.1. The molecule has 0 bridgehead atoms. The molecule has 0 radical (unpaired) electrons. The third kappa shape index (κ3) is 3.47. The maximum Gasteiger partial charge on any atom is 0.258 e. The van der Waals surface area contributed by atoms with Crippen LogP contribution in [0.5, 0.6) is 11.5 Å². The second kappa shape index (κ2) is 8.49. The fraction of sp³-hybridized carbons (Fsp3) is 0.750. The monoisotopic (exact) mass is 456 g/mol. The van der Waals surface area contributed by atoms with Crippen molar-refractivity contribution >= 4 is 14.1 Å². The highest BCUT2D eigenvalue weighted by molar-refractivity contribution is 6.78. The van der Waals surface area contributed by atoms with Crippen LogP contribution in [-0.4, -0.2) is 21.2 Å². The SMILES string of the molecule is COc1cc2c(cc1O[Si](C(C)C)(C(C)C)C(C)C)CC[C@@H]1[C@@H]2CC[C@]2(C)C(=O)CC[C@@H]12. The van der Waals surface area contributed by atoms with Crippen molar-refractivity contribution in [3.8, 4) is 11.5 Å². The van der Waals surface area contributed by atoms with Crippen molar-refractivity contribution < 1.29 is 14.0 Å². The Morgan fingerprint density at radius 1 is 0.938 bits per heavy atom. The van der Waals surface area contributed by atoms with Gasteiger partial charge in [0.1, 0.15) is 11.5 Å². The van der Waals surface area contributed by atoms with Crippen molar-refractivity contribution in [1.82, 2.24) is 0 Å². The second-order valence-corrected chi connectivity index (χ2v) is 17.3. The lowest BCUT2D eigenvalue weighted by molar-refractivity contribution is -0.129. The molecule has 0 saturated heterocycles. The number of rotatable bonds is 6. The number of carbonyl (C=O) groups excluding carboxylic acids is 1. The first-order chi connectivity index (χ1) is 15.1. The summed E-state index contributed by atoms with van der Waals surface area (Å²) in [5, 5.41) is 0. The zero-order valence-corrected chi connectivity index (χ0v) is 22.6. The van der Waals surface area contributed by atoms with Crippen LogP contribution in [0.15, 0.2) is 12.1 Å². The molecule has 3 aliphatic carbocycles. The summed E-state index contributed by atoms with van der Waals surface area (Å²) in [6, 6.07) is 4.63. The Balaban J connectivity index is 1.71. The number of hydrogen-bond acceptors (Lipinski definition) is 3. The van der Waals surface area contributed by atoms with Crippen LogP contribution in [0.4, 0.5) is 0 Å². The van der Waals surface area contributed by atoms with Gasteiger partial charge in [0, 0.05) is 11.8 Å². The van der Waals surface area contributed by atoms with Crippen LogP contribution >= 0.6 is 0 Å². The zero-order valence-electron chi connectivity index (χ0n) is 21.6. The Kier molecular flexibility index (Phi) is 6.33. The molecule has 0 heterocycles. The number of fused-ring (bicyclic) bond motifs is 5. The molecule has 4 heteroatoms. The van der Waals surface area contributed by atoms with E-state index >= 15 is 0 Å². The Morgan fingerprint density at radius 3 is 2.19 bits per heavy atom. The highest BCUT2D eigenvalue weighted by Gasteiger charge is 2.55. The molecule has 0 amide bonds. The fourth-order valence-electron chi connectivity index (χ4n) is 8.13. The Labute approximate surface area is 196 Å². The van der Waals surface area contributed by atoms with Crippen molar-refractivity contribution in [3.05, 3.63) is 23.3 Å². The number of aryl methyl sites for hydroxylation is 1. The lowest BCUT2D eigenvalue weighted by Gasteiger charge is -2.48. The molecule has 2 saturated carbocycles. The van der Waals surface area contributed by atoms with E-state index in [9.17, 15) is 4.79 Å². The van der Waals surface area contributed by atoms with Crippen LogP contribution in [0.25, 0.3) is 0 Å². The number of ether oxygens (including phenoxy) is 1. The molecule has 32 heavy (non-hydrogen) atoms. The minimum absolute atomic E-state index is 0.0667.